The Labute approximate surface area is 182 Å². The average molecular weight is 443 g/mol. The molecule has 1 fully saturated rings. The molecule has 1 aliphatic rings. The zero-order valence-electron chi connectivity index (χ0n) is 17.8. The summed E-state index contributed by atoms with van der Waals surface area (Å²) >= 11 is 0. The third-order valence-corrected chi connectivity index (χ3v) is 7.50. The van der Waals surface area contributed by atoms with Gasteiger partial charge < -0.3 is 4.74 Å². The second-order valence-electron chi connectivity index (χ2n) is 7.88. The van der Waals surface area contributed by atoms with E-state index in [-0.39, 0.29) is 16.9 Å². The Bertz CT molecular complexity index is 1150. The van der Waals surface area contributed by atoms with Crippen molar-refractivity contribution in [3.8, 4) is 17.1 Å². The van der Waals surface area contributed by atoms with Gasteiger partial charge in [0.2, 0.25) is 15.8 Å². The lowest BCUT2D eigenvalue weighted by molar-refractivity contribution is 0.321. The van der Waals surface area contributed by atoms with Crippen LogP contribution in [0.15, 0.2) is 47.6 Å². The van der Waals surface area contributed by atoms with Gasteiger partial charge in [-0.15, -0.1) is 10.2 Å². The summed E-state index contributed by atoms with van der Waals surface area (Å²) in [5.41, 5.74) is 1.77. The molecule has 3 aromatic rings. The topological polar surface area (TPSA) is 103 Å². The van der Waals surface area contributed by atoms with Gasteiger partial charge in [-0.05, 0) is 53.8 Å². The SMILES string of the molecule is COc1ccc(C(C)C)cc1S(=O)(=O)N1CCC[C@H]1Cn1nnc(-c2ccncc2)n1. The summed E-state index contributed by atoms with van der Waals surface area (Å²) < 4.78 is 34.1. The second kappa shape index (κ2) is 8.72. The number of hydrogen-bond acceptors (Lipinski definition) is 7. The summed E-state index contributed by atoms with van der Waals surface area (Å²) in [5.74, 6) is 1.05. The van der Waals surface area contributed by atoms with Gasteiger partial charge in [0.05, 0.1) is 13.7 Å². The van der Waals surface area contributed by atoms with Crippen LogP contribution in [-0.2, 0) is 16.6 Å². The summed E-state index contributed by atoms with van der Waals surface area (Å²) in [4.78, 5) is 5.67. The molecule has 1 atom stereocenters. The van der Waals surface area contributed by atoms with Gasteiger partial charge in [-0.25, -0.2) is 8.42 Å². The second-order valence-corrected chi connectivity index (χ2v) is 9.74. The summed E-state index contributed by atoms with van der Waals surface area (Å²) in [6, 6.07) is 8.72. The summed E-state index contributed by atoms with van der Waals surface area (Å²) in [7, 11) is -2.25. The van der Waals surface area contributed by atoms with Crippen molar-refractivity contribution < 1.29 is 13.2 Å². The molecule has 0 saturated carbocycles. The molecule has 0 N–H and O–H groups in total. The maximum Gasteiger partial charge on any atom is 0.247 e. The normalized spacial score (nSPS) is 17.4. The molecule has 0 spiro atoms. The molecule has 0 unspecified atom stereocenters. The molecule has 0 bridgehead atoms. The van der Waals surface area contributed by atoms with Crippen LogP contribution in [0.4, 0.5) is 0 Å². The van der Waals surface area contributed by atoms with Gasteiger partial charge in [-0.1, -0.05) is 19.9 Å². The Kier molecular flexibility index (Phi) is 6.01. The van der Waals surface area contributed by atoms with Crippen LogP contribution < -0.4 is 4.74 Å². The molecule has 4 rings (SSSR count). The van der Waals surface area contributed by atoms with E-state index in [0.717, 1.165) is 24.0 Å². The van der Waals surface area contributed by atoms with E-state index in [1.165, 1.54) is 11.9 Å². The Hall–Kier alpha value is -2.85. The molecule has 10 heteroatoms. The fraction of sp³-hybridized carbons (Fsp3) is 0.429. The number of benzene rings is 1. The summed E-state index contributed by atoms with van der Waals surface area (Å²) in [6.07, 6.45) is 4.85. The minimum absolute atomic E-state index is 0.206. The van der Waals surface area contributed by atoms with E-state index < -0.39 is 10.0 Å². The lowest BCUT2D eigenvalue weighted by Gasteiger charge is -2.25. The average Bonchev–Trinajstić information content (AvgIpc) is 3.44. The Balaban J connectivity index is 1.60. The van der Waals surface area contributed by atoms with Crippen LogP contribution in [0.2, 0.25) is 0 Å². The van der Waals surface area contributed by atoms with Crippen LogP contribution in [0.25, 0.3) is 11.4 Å². The number of sulfonamides is 1. The number of rotatable bonds is 7. The van der Waals surface area contributed by atoms with Crippen molar-refractivity contribution in [1.82, 2.24) is 29.5 Å². The maximum atomic E-state index is 13.6. The van der Waals surface area contributed by atoms with Crippen LogP contribution in [0, 0.1) is 0 Å². The third-order valence-electron chi connectivity index (χ3n) is 5.53. The minimum Gasteiger partial charge on any atom is -0.495 e. The fourth-order valence-electron chi connectivity index (χ4n) is 3.81. The Morgan fingerprint density at radius 2 is 1.97 bits per heavy atom. The molecular weight excluding hydrogens is 416 g/mol. The van der Waals surface area contributed by atoms with Gasteiger partial charge in [0, 0.05) is 30.5 Å². The van der Waals surface area contributed by atoms with Crippen molar-refractivity contribution in [3.63, 3.8) is 0 Å². The van der Waals surface area contributed by atoms with E-state index in [2.05, 4.69) is 20.4 Å². The first-order chi connectivity index (χ1) is 14.9. The van der Waals surface area contributed by atoms with Gasteiger partial charge in [-0.3, -0.25) is 4.98 Å². The predicted molar refractivity (Wildman–Crippen MR) is 115 cm³/mol. The molecule has 1 aliphatic heterocycles. The van der Waals surface area contributed by atoms with E-state index in [0.29, 0.717) is 24.7 Å². The predicted octanol–water partition coefficient (Wildman–Crippen LogP) is 2.72. The number of methoxy groups -OCH3 is 1. The summed E-state index contributed by atoms with van der Waals surface area (Å²) in [5, 5.41) is 12.6. The lowest BCUT2D eigenvalue weighted by atomic mass is 10.0. The van der Waals surface area contributed by atoms with E-state index in [1.54, 1.807) is 28.8 Å². The number of tetrazole rings is 1. The molecule has 0 amide bonds. The fourth-order valence-corrected chi connectivity index (χ4v) is 5.69. The highest BCUT2D eigenvalue weighted by atomic mass is 32.2. The van der Waals surface area contributed by atoms with Crippen molar-refractivity contribution in [3.05, 3.63) is 48.3 Å². The van der Waals surface area contributed by atoms with Gasteiger partial charge >= 0.3 is 0 Å². The largest absolute Gasteiger partial charge is 0.495 e. The molecule has 3 heterocycles. The molecular formula is C21H26N6O3S. The first-order valence-corrected chi connectivity index (χ1v) is 11.7. The molecule has 9 nitrogen and oxygen atoms in total. The van der Waals surface area contributed by atoms with Crippen LogP contribution in [0.3, 0.4) is 0 Å². The Morgan fingerprint density at radius 3 is 2.68 bits per heavy atom. The zero-order valence-corrected chi connectivity index (χ0v) is 18.7. The highest BCUT2D eigenvalue weighted by molar-refractivity contribution is 7.89. The molecule has 2 aromatic heterocycles. The van der Waals surface area contributed by atoms with Crippen LogP contribution >= 0.6 is 0 Å². The van der Waals surface area contributed by atoms with Gasteiger partial charge in [0.15, 0.2) is 0 Å². The number of hydrogen-bond donors (Lipinski definition) is 0. The van der Waals surface area contributed by atoms with Crippen LogP contribution in [0.5, 0.6) is 5.75 Å². The third kappa shape index (κ3) is 4.31. The van der Waals surface area contributed by atoms with Crippen molar-refractivity contribution in [2.24, 2.45) is 0 Å². The van der Waals surface area contributed by atoms with Gasteiger partial charge in [0.25, 0.3) is 0 Å². The quantitative estimate of drug-likeness (QED) is 0.554. The molecule has 0 aliphatic carbocycles. The molecule has 164 valence electrons. The highest BCUT2D eigenvalue weighted by Crippen LogP contribution is 2.34. The summed E-state index contributed by atoms with van der Waals surface area (Å²) in [6.45, 7) is 4.86. The molecule has 0 radical (unpaired) electrons. The van der Waals surface area contributed by atoms with E-state index in [4.69, 9.17) is 4.74 Å². The lowest BCUT2D eigenvalue weighted by Crippen LogP contribution is -2.38. The number of nitrogens with zero attached hydrogens (tertiary/aromatic N) is 6. The standard InChI is InChI=1S/C21H26N6O3S/c1-15(2)17-6-7-19(30-3)20(13-17)31(28,29)26-12-4-5-18(26)14-27-24-21(23-25-27)16-8-10-22-11-9-16/h6-11,13,15,18H,4-5,12,14H2,1-3H3/t18-/m0/s1. The minimum atomic E-state index is -3.74. The van der Waals surface area contributed by atoms with Crippen molar-refractivity contribution in [1.29, 1.82) is 0 Å². The van der Waals surface area contributed by atoms with E-state index >= 15 is 0 Å². The monoisotopic (exact) mass is 442 g/mol. The number of ether oxygens (including phenoxy) is 1. The molecule has 1 saturated heterocycles. The van der Waals surface area contributed by atoms with Crippen LogP contribution in [0.1, 0.15) is 38.2 Å². The van der Waals surface area contributed by atoms with Gasteiger partial charge in [-0.2, -0.15) is 9.10 Å². The van der Waals surface area contributed by atoms with Crippen molar-refractivity contribution in [2.75, 3.05) is 13.7 Å². The number of aromatic nitrogens is 5. The van der Waals surface area contributed by atoms with Crippen LogP contribution in [-0.4, -0.2) is 57.6 Å². The number of pyridine rings is 1. The van der Waals surface area contributed by atoms with Gasteiger partial charge in [0.1, 0.15) is 10.6 Å². The van der Waals surface area contributed by atoms with E-state index in [9.17, 15) is 8.42 Å². The van der Waals surface area contributed by atoms with Crippen molar-refractivity contribution in [2.45, 2.75) is 50.1 Å². The smallest absolute Gasteiger partial charge is 0.247 e. The first kappa shape index (κ1) is 21.4. The first-order valence-electron chi connectivity index (χ1n) is 10.3. The van der Waals surface area contributed by atoms with E-state index in [1.807, 2.05) is 32.0 Å². The Morgan fingerprint density at radius 1 is 1.19 bits per heavy atom. The van der Waals surface area contributed by atoms with Crippen molar-refractivity contribution >= 4 is 10.0 Å². The zero-order chi connectivity index (χ0) is 22.0. The maximum absolute atomic E-state index is 13.6. The molecule has 1 aromatic carbocycles. The highest BCUT2D eigenvalue weighted by Gasteiger charge is 2.37. The molecule has 31 heavy (non-hydrogen) atoms.